The van der Waals surface area contributed by atoms with Crippen LogP contribution in [0, 0.1) is 5.82 Å². The van der Waals surface area contributed by atoms with Gasteiger partial charge in [0.05, 0.1) is 0 Å². The van der Waals surface area contributed by atoms with Crippen LogP contribution in [0.5, 0.6) is 0 Å². The Balaban J connectivity index is 2.65. The van der Waals surface area contributed by atoms with E-state index in [0.717, 1.165) is 0 Å². The zero-order valence-corrected chi connectivity index (χ0v) is 8.25. The summed E-state index contributed by atoms with van der Waals surface area (Å²) < 4.78 is 13.4. The van der Waals surface area contributed by atoms with Crippen LogP contribution in [0.2, 0.25) is 0 Å². The summed E-state index contributed by atoms with van der Waals surface area (Å²) in [5.41, 5.74) is 0.638. The van der Waals surface area contributed by atoms with Crippen molar-refractivity contribution < 1.29 is 9.18 Å². The standard InChI is InChI=1S/C12H10FNO/c1-8(15)14-12-7-3-4-9-10(12)5-2-6-11(9)13/h2-7H,1H3,(H,14,15). The molecule has 0 spiro atoms. The van der Waals surface area contributed by atoms with Crippen LogP contribution in [0.15, 0.2) is 36.4 Å². The molecule has 2 aromatic rings. The SMILES string of the molecule is CC(=O)Nc1cccc2c(F)cccc12. The first-order valence-corrected chi connectivity index (χ1v) is 4.63. The molecular weight excluding hydrogens is 193 g/mol. The van der Waals surface area contributed by atoms with E-state index in [1.165, 1.54) is 13.0 Å². The number of anilines is 1. The van der Waals surface area contributed by atoms with Crippen LogP contribution in [-0.4, -0.2) is 5.91 Å². The lowest BCUT2D eigenvalue weighted by molar-refractivity contribution is -0.114. The first kappa shape index (κ1) is 9.65. The molecule has 0 heterocycles. The topological polar surface area (TPSA) is 29.1 Å². The number of rotatable bonds is 1. The lowest BCUT2D eigenvalue weighted by Crippen LogP contribution is -2.06. The van der Waals surface area contributed by atoms with E-state index in [0.29, 0.717) is 16.5 Å². The third-order valence-corrected chi connectivity index (χ3v) is 2.18. The normalized spacial score (nSPS) is 10.3. The van der Waals surface area contributed by atoms with Crippen LogP contribution >= 0.6 is 0 Å². The van der Waals surface area contributed by atoms with Crippen LogP contribution in [0.4, 0.5) is 10.1 Å². The zero-order chi connectivity index (χ0) is 10.8. The Labute approximate surface area is 86.7 Å². The van der Waals surface area contributed by atoms with Crippen molar-refractivity contribution in [3.63, 3.8) is 0 Å². The van der Waals surface area contributed by atoms with Crippen LogP contribution in [-0.2, 0) is 4.79 Å². The molecule has 2 nitrogen and oxygen atoms in total. The number of halogens is 1. The Morgan fingerprint density at radius 1 is 1.13 bits per heavy atom. The van der Waals surface area contributed by atoms with Gasteiger partial charge in [-0.2, -0.15) is 0 Å². The van der Waals surface area contributed by atoms with Crippen molar-refractivity contribution in [1.29, 1.82) is 0 Å². The van der Waals surface area contributed by atoms with Crippen molar-refractivity contribution in [2.75, 3.05) is 5.32 Å². The lowest BCUT2D eigenvalue weighted by atomic mass is 10.1. The molecule has 0 aromatic heterocycles. The van der Waals surface area contributed by atoms with E-state index < -0.39 is 0 Å². The van der Waals surface area contributed by atoms with Gasteiger partial charge in [0.15, 0.2) is 0 Å². The van der Waals surface area contributed by atoms with Gasteiger partial charge in [0.25, 0.3) is 0 Å². The molecule has 0 bridgehead atoms. The summed E-state index contributed by atoms with van der Waals surface area (Å²) in [5, 5.41) is 3.90. The fraction of sp³-hybridized carbons (Fsp3) is 0.0833. The maximum Gasteiger partial charge on any atom is 0.221 e. The summed E-state index contributed by atoms with van der Waals surface area (Å²) in [7, 11) is 0. The van der Waals surface area contributed by atoms with Gasteiger partial charge in [0.1, 0.15) is 5.82 Å². The fourth-order valence-electron chi connectivity index (χ4n) is 1.57. The summed E-state index contributed by atoms with van der Waals surface area (Å²) in [6.45, 7) is 1.43. The molecule has 1 amide bonds. The molecule has 0 saturated carbocycles. The highest BCUT2D eigenvalue weighted by Gasteiger charge is 2.04. The van der Waals surface area contributed by atoms with Gasteiger partial charge in [0, 0.05) is 23.4 Å². The molecule has 0 atom stereocenters. The fourth-order valence-corrected chi connectivity index (χ4v) is 1.57. The van der Waals surface area contributed by atoms with Gasteiger partial charge in [-0.3, -0.25) is 4.79 Å². The van der Waals surface area contributed by atoms with Gasteiger partial charge in [-0.25, -0.2) is 4.39 Å². The van der Waals surface area contributed by atoms with E-state index in [1.807, 2.05) is 0 Å². The van der Waals surface area contributed by atoms with Crippen molar-refractivity contribution in [3.8, 4) is 0 Å². The molecular formula is C12H10FNO. The molecule has 0 unspecified atom stereocenters. The van der Waals surface area contributed by atoms with E-state index in [1.54, 1.807) is 30.3 Å². The van der Waals surface area contributed by atoms with Crippen LogP contribution in [0.1, 0.15) is 6.92 Å². The van der Waals surface area contributed by atoms with Crippen LogP contribution in [0.25, 0.3) is 10.8 Å². The summed E-state index contributed by atoms with van der Waals surface area (Å²) in [5.74, 6) is -0.438. The van der Waals surface area contributed by atoms with Crippen LogP contribution in [0.3, 0.4) is 0 Å². The molecule has 0 saturated heterocycles. The van der Waals surface area contributed by atoms with Gasteiger partial charge >= 0.3 is 0 Å². The molecule has 0 radical (unpaired) electrons. The molecule has 2 aromatic carbocycles. The Morgan fingerprint density at radius 2 is 1.80 bits per heavy atom. The van der Waals surface area contributed by atoms with Crippen molar-refractivity contribution in [2.45, 2.75) is 6.92 Å². The van der Waals surface area contributed by atoms with Crippen molar-refractivity contribution in [2.24, 2.45) is 0 Å². The molecule has 0 aliphatic heterocycles. The summed E-state index contributed by atoms with van der Waals surface area (Å²) in [6, 6.07) is 9.97. The van der Waals surface area contributed by atoms with Gasteiger partial charge in [0.2, 0.25) is 5.91 Å². The highest BCUT2D eigenvalue weighted by Crippen LogP contribution is 2.25. The Bertz CT molecular complexity index is 522. The van der Waals surface area contributed by atoms with E-state index in [4.69, 9.17) is 0 Å². The largest absolute Gasteiger partial charge is 0.326 e. The van der Waals surface area contributed by atoms with E-state index in [9.17, 15) is 9.18 Å². The van der Waals surface area contributed by atoms with E-state index in [-0.39, 0.29) is 11.7 Å². The summed E-state index contributed by atoms with van der Waals surface area (Å²) in [6.07, 6.45) is 0. The molecule has 0 aliphatic carbocycles. The number of hydrogen-bond acceptors (Lipinski definition) is 1. The number of amides is 1. The molecule has 15 heavy (non-hydrogen) atoms. The molecule has 76 valence electrons. The van der Waals surface area contributed by atoms with Gasteiger partial charge < -0.3 is 5.32 Å². The van der Waals surface area contributed by atoms with E-state index in [2.05, 4.69) is 5.32 Å². The second-order valence-electron chi connectivity index (χ2n) is 3.32. The molecule has 0 fully saturated rings. The van der Waals surface area contributed by atoms with Gasteiger partial charge in [-0.15, -0.1) is 0 Å². The summed E-state index contributed by atoms with van der Waals surface area (Å²) in [4.78, 5) is 10.9. The predicted octanol–water partition coefficient (Wildman–Crippen LogP) is 2.94. The Hall–Kier alpha value is -1.90. The average molecular weight is 203 g/mol. The third-order valence-electron chi connectivity index (χ3n) is 2.18. The molecule has 3 heteroatoms. The lowest BCUT2D eigenvalue weighted by Gasteiger charge is -2.06. The van der Waals surface area contributed by atoms with Crippen molar-refractivity contribution in [3.05, 3.63) is 42.2 Å². The highest BCUT2D eigenvalue weighted by atomic mass is 19.1. The monoisotopic (exact) mass is 203 g/mol. The van der Waals surface area contributed by atoms with Gasteiger partial charge in [-0.1, -0.05) is 24.3 Å². The number of fused-ring (bicyclic) bond motifs is 1. The number of nitrogens with one attached hydrogen (secondary N) is 1. The number of carbonyl (C=O) groups excluding carboxylic acids is 1. The highest BCUT2D eigenvalue weighted by molar-refractivity contribution is 6.01. The number of hydrogen-bond donors (Lipinski definition) is 1. The quantitative estimate of drug-likeness (QED) is 0.758. The molecule has 2 rings (SSSR count). The summed E-state index contributed by atoms with van der Waals surface area (Å²) >= 11 is 0. The second-order valence-corrected chi connectivity index (χ2v) is 3.32. The minimum Gasteiger partial charge on any atom is -0.326 e. The maximum atomic E-state index is 13.4. The molecule has 0 aliphatic rings. The Morgan fingerprint density at radius 3 is 2.53 bits per heavy atom. The first-order valence-electron chi connectivity index (χ1n) is 4.63. The smallest absolute Gasteiger partial charge is 0.221 e. The second kappa shape index (κ2) is 3.69. The van der Waals surface area contributed by atoms with Crippen molar-refractivity contribution in [1.82, 2.24) is 0 Å². The number of carbonyl (C=O) groups is 1. The minimum atomic E-state index is -0.278. The van der Waals surface area contributed by atoms with Crippen molar-refractivity contribution >= 4 is 22.4 Å². The predicted molar refractivity (Wildman–Crippen MR) is 58.2 cm³/mol. The minimum absolute atomic E-state index is 0.160. The number of benzene rings is 2. The molecule has 1 N–H and O–H groups in total. The van der Waals surface area contributed by atoms with Crippen LogP contribution < -0.4 is 5.32 Å². The average Bonchev–Trinajstić information content (AvgIpc) is 2.19. The van der Waals surface area contributed by atoms with E-state index >= 15 is 0 Å². The van der Waals surface area contributed by atoms with Gasteiger partial charge in [-0.05, 0) is 12.1 Å². The third kappa shape index (κ3) is 1.81. The zero-order valence-electron chi connectivity index (χ0n) is 8.25. The Kier molecular flexibility index (Phi) is 2.37. The maximum absolute atomic E-state index is 13.4. The first-order chi connectivity index (χ1) is 7.18.